The summed E-state index contributed by atoms with van der Waals surface area (Å²) in [7, 11) is 0. The van der Waals surface area contributed by atoms with Gasteiger partial charge in [-0.15, -0.1) is 0 Å². The fourth-order valence-corrected chi connectivity index (χ4v) is 3.30. The highest BCUT2D eigenvalue weighted by Crippen LogP contribution is 2.39. The lowest BCUT2D eigenvalue weighted by Gasteiger charge is -2.18. The van der Waals surface area contributed by atoms with Crippen LogP contribution < -0.4 is 10.2 Å². The van der Waals surface area contributed by atoms with Crippen molar-refractivity contribution in [2.75, 3.05) is 16.8 Å². The van der Waals surface area contributed by atoms with Gasteiger partial charge in [-0.2, -0.15) is 0 Å². The molecule has 0 saturated heterocycles. The average molecular weight is 298 g/mol. The van der Waals surface area contributed by atoms with Crippen molar-refractivity contribution in [1.29, 1.82) is 0 Å². The molecule has 0 aromatic heterocycles. The van der Waals surface area contributed by atoms with Gasteiger partial charge < -0.3 is 10.2 Å². The van der Waals surface area contributed by atoms with Crippen molar-refractivity contribution < 1.29 is 9.59 Å². The van der Waals surface area contributed by atoms with Crippen LogP contribution in [0.1, 0.15) is 38.2 Å². The highest BCUT2D eigenvalue weighted by atomic mass is 16.2. The van der Waals surface area contributed by atoms with Crippen LogP contribution in [0, 0.1) is 17.8 Å². The van der Waals surface area contributed by atoms with E-state index < -0.39 is 0 Å². The molecule has 1 aromatic carbocycles. The van der Waals surface area contributed by atoms with Crippen molar-refractivity contribution in [3.05, 3.63) is 23.8 Å². The van der Waals surface area contributed by atoms with Gasteiger partial charge in [0.1, 0.15) is 0 Å². The second-order valence-electron chi connectivity index (χ2n) is 6.97. The molecule has 4 nitrogen and oxygen atoms in total. The predicted molar refractivity (Wildman–Crippen MR) is 85.7 cm³/mol. The maximum Gasteiger partial charge on any atom is 0.230 e. The Kier molecular flexibility index (Phi) is 3.21. The molecule has 2 aliphatic carbocycles. The molecule has 0 spiro atoms. The standard InChI is InChI=1S/C18H22N2O2/c1-11(12-2-3-12)17(21)19-15-7-6-13-8-9-20(16(13)10-15)18(22)14-4-5-14/h6-7,10-12,14H,2-5,8-9H2,1H3,(H,19,21). The first-order chi connectivity index (χ1) is 10.6. The number of hydrogen-bond donors (Lipinski definition) is 1. The number of carbonyl (C=O) groups is 2. The molecule has 4 heteroatoms. The Morgan fingerprint density at radius 3 is 2.68 bits per heavy atom. The lowest BCUT2D eigenvalue weighted by Crippen LogP contribution is -2.30. The van der Waals surface area contributed by atoms with Gasteiger partial charge >= 0.3 is 0 Å². The van der Waals surface area contributed by atoms with Crippen LogP contribution >= 0.6 is 0 Å². The zero-order valence-corrected chi connectivity index (χ0v) is 13.0. The van der Waals surface area contributed by atoms with E-state index in [2.05, 4.69) is 5.32 Å². The largest absolute Gasteiger partial charge is 0.326 e. The highest BCUT2D eigenvalue weighted by molar-refractivity contribution is 6.00. The van der Waals surface area contributed by atoms with Crippen LogP contribution in [0.4, 0.5) is 11.4 Å². The summed E-state index contributed by atoms with van der Waals surface area (Å²) in [4.78, 5) is 26.5. The van der Waals surface area contributed by atoms with E-state index in [-0.39, 0.29) is 23.7 Å². The molecule has 116 valence electrons. The molecule has 2 saturated carbocycles. The molecule has 2 amide bonds. The summed E-state index contributed by atoms with van der Waals surface area (Å²) < 4.78 is 0. The quantitative estimate of drug-likeness (QED) is 0.929. The Morgan fingerprint density at radius 1 is 1.23 bits per heavy atom. The molecular formula is C18H22N2O2. The molecule has 1 aromatic rings. The second kappa shape index (κ2) is 5.11. The molecule has 2 fully saturated rings. The van der Waals surface area contributed by atoms with Gasteiger partial charge in [0.15, 0.2) is 0 Å². The van der Waals surface area contributed by atoms with Gasteiger partial charge in [0.25, 0.3) is 0 Å². The van der Waals surface area contributed by atoms with Crippen LogP contribution in [0.25, 0.3) is 0 Å². The zero-order valence-electron chi connectivity index (χ0n) is 13.0. The van der Waals surface area contributed by atoms with E-state index >= 15 is 0 Å². The molecule has 0 radical (unpaired) electrons. The van der Waals surface area contributed by atoms with Gasteiger partial charge in [0.05, 0.1) is 0 Å². The molecule has 1 unspecified atom stereocenters. The zero-order chi connectivity index (χ0) is 15.3. The Morgan fingerprint density at radius 2 is 2.00 bits per heavy atom. The van der Waals surface area contributed by atoms with E-state index in [0.717, 1.165) is 37.2 Å². The lowest BCUT2D eigenvalue weighted by atomic mass is 10.1. The van der Waals surface area contributed by atoms with E-state index in [0.29, 0.717) is 5.92 Å². The minimum Gasteiger partial charge on any atom is -0.326 e. The second-order valence-corrected chi connectivity index (χ2v) is 6.97. The predicted octanol–water partition coefficient (Wildman–Crippen LogP) is 2.97. The highest BCUT2D eigenvalue weighted by Gasteiger charge is 2.37. The van der Waals surface area contributed by atoms with E-state index in [1.807, 2.05) is 30.0 Å². The van der Waals surface area contributed by atoms with Crippen LogP contribution in [0.5, 0.6) is 0 Å². The average Bonchev–Trinajstić information content (AvgIpc) is 3.41. The van der Waals surface area contributed by atoms with Crippen molar-refractivity contribution in [2.45, 2.75) is 39.0 Å². The van der Waals surface area contributed by atoms with E-state index in [1.165, 1.54) is 18.4 Å². The third-order valence-electron chi connectivity index (χ3n) is 5.18. The molecule has 22 heavy (non-hydrogen) atoms. The van der Waals surface area contributed by atoms with Gasteiger partial charge in [0, 0.05) is 29.8 Å². The van der Waals surface area contributed by atoms with Crippen LogP contribution in [0.15, 0.2) is 18.2 Å². The normalized spacial score (nSPS) is 21.4. The third-order valence-corrected chi connectivity index (χ3v) is 5.18. The maximum atomic E-state index is 12.3. The van der Waals surface area contributed by atoms with E-state index in [1.54, 1.807) is 0 Å². The minimum atomic E-state index is 0.0810. The smallest absolute Gasteiger partial charge is 0.230 e. The molecule has 1 aliphatic heterocycles. The Labute approximate surface area is 130 Å². The van der Waals surface area contributed by atoms with Gasteiger partial charge in [0.2, 0.25) is 11.8 Å². The van der Waals surface area contributed by atoms with Crippen molar-refractivity contribution in [3.63, 3.8) is 0 Å². The fraction of sp³-hybridized carbons (Fsp3) is 0.556. The Hall–Kier alpha value is -1.84. The van der Waals surface area contributed by atoms with E-state index in [4.69, 9.17) is 0 Å². The summed E-state index contributed by atoms with van der Waals surface area (Å²) in [5, 5.41) is 3.02. The first-order valence-corrected chi connectivity index (χ1v) is 8.38. The molecule has 1 N–H and O–H groups in total. The summed E-state index contributed by atoms with van der Waals surface area (Å²) in [5.74, 6) is 1.23. The topological polar surface area (TPSA) is 49.4 Å². The van der Waals surface area contributed by atoms with Crippen molar-refractivity contribution >= 4 is 23.2 Å². The van der Waals surface area contributed by atoms with Crippen LogP contribution in [0.2, 0.25) is 0 Å². The number of nitrogens with zero attached hydrogens (tertiary/aromatic N) is 1. The molecular weight excluding hydrogens is 276 g/mol. The summed E-state index contributed by atoms with van der Waals surface area (Å²) in [5.41, 5.74) is 3.02. The number of carbonyl (C=O) groups excluding carboxylic acids is 2. The number of nitrogens with one attached hydrogen (secondary N) is 1. The summed E-state index contributed by atoms with van der Waals surface area (Å²) in [6.07, 6.45) is 5.31. The van der Waals surface area contributed by atoms with Gasteiger partial charge in [-0.1, -0.05) is 13.0 Å². The summed E-state index contributed by atoms with van der Waals surface area (Å²) in [6.45, 7) is 2.78. The third kappa shape index (κ3) is 2.51. The number of fused-ring (bicyclic) bond motifs is 1. The minimum absolute atomic E-state index is 0.0810. The maximum absolute atomic E-state index is 12.3. The van der Waals surface area contributed by atoms with Crippen LogP contribution in [-0.4, -0.2) is 18.4 Å². The van der Waals surface area contributed by atoms with E-state index in [9.17, 15) is 9.59 Å². The molecule has 3 aliphatic rings. The number of hydrogen-bond acceptors (Lipinski definition) is 2. The molecule has 1 atom stereocenters. The first kappa shape index (κ1) is 13.8. The fourth-order valence-electron chi connectivity index (χ4n) is 3.30. The van der Waals surface area contributed by atoms with Crippen LogP contribution in [-0.2, 0) is 16.0 Å². The Balaban J connectivity index is 1.51. The monoisotopic (exact) mass is 298 g/mol. The van der Waals surface area contributed by atoms with Crippen LogP contribution in [0.3, 0.4) is 0 Å². The summed E-state index contributed by atoms with van der Waals surface area (Å²) >= 11 is 0. The molecule has 1 heterocycles. The van der Waals surface area contributed by atoms with Gasteiger partial charge in [-0.25, -0.2) is 0 Å². The molecule has 0 bridgehead atoms. The first-order valence-electron chi connectivity index (χ1n) is 8.38. The van der Waals surface area contributed by atoms with Crippen molar-refractivity contribution in [3.8, 4) is 0 Å². The number of amides is 2. The van der Waals surface area contributed by atoms with Crippen molar-refractivity contribution in [2.24, 2.45) is 17.8 Å². The number of rotatable bonds is 4. The number of anilines is 2. The lowest BCUT2D eigenvalue weighted by molar-refractivity contribution is -0.120. The number of benzene rings is 1. The molecule has 4 rings (SSSR count). The van der Waals surface area contributed by atoms with Crippen molar-refractivity contribution in [1.82, 2.24) is 0 Å². The Bertz CT molecular complexity index is 632. The van der Waals surface area contributed by atoms with Gasteiger partial charge in [-0.05, 0) is 55.7 Å². The van der Waals surface area contributed by atoms with Gasteiger partial charge in [-0.3, -0.25) is 9.59 Å². The summed E-state index contributed by atoms with van der Waals surface area (Å²) in [6, 6.07) is 5.98. The SMILES string of the molecule is CC(C(=O)Nc1ccc2c(c1)N(C(=O)C1CC1)CC2)C1CC1.